The third-order valence-corrected chi connectivity index (χ3v) is 6.59. The molecule has 0 radical (unpaired) electrons. The molecule has 1 N–H and O–H groups in total. The SMILES string of the molecule is CCNS(=O)(=O)c1cc(C(=O)N2CCN(Cc3ccccc3)CC2)ccc1OCC. The van der Waals surface area contributed by atoms with E-state index in [0.29, 0.717) is 25.3 Å². The Kier molecular flexibility index (Phi) is 7.47. The second-order valence-corrected chi connectivity index (χ2v) is 8.89. The molecule has 0 unspecified atom stereocenters. The highest BCUT2D eigenvalue weighted by Gasteiger charge is 2.25. The van der Waals surface area contributed by atoms with Crippen molar-refractivity contribution in [1.29, 1.82) is 0 Å². The number of benzene rings is 2. The molecule has 0 atom stereocenters. The van der Waals surface area contributed by atoms with Crippen LogP contribution in [0, 0.1) is 0 Å². The predicted molar refractivity (Wildman–Crippen MR) is 116 cm³/mol. The van der Waals surface area contributed by atoms with Crippen molar-refractivity contribution in [2.75, 3.05) is 39.3 Å². The van der Waals surface area contributed by atoms with E-state index in [1.807, 2.05) is 18.2 Å². The Bertz CT molecular complexity index is 956. The number of sulfonamides is 1. The van der Waals surface area contributed by atoms with E-state index in [0.717, 1.165) is 19.6 Å². The van der Waals surface area contributed by atoms with Gasteiger partial charge in [-0.25, -0.2) is 13.1 Å². The maximum atomic E-state index is 13.0. The number of nitrogens with zero attached hydrogens (tertiary/aromatic N) is 2. The topological polar surface area (TPSA) is 79.0 Å². The number of hydrogen-bond acceptors (Lipinski definition) is 5. The van der Waals surface area contributed by atoms with Crippen molar-refractivity contribution < 1.29 is 17.9 Å². The van der Waals surface area contributed by atoms with E-state index in [1.54, 1.807) is 30.9 Å². The monoisotopic (exact) mass is 431 g/mol. The van der Waals surface area contributed by atoms with Gasteiger partial charge in [-0.15, -0.1) is 0 Å². The van der Waals surface area contributed by atoms with Crippen molar-refractivity contribution in [3.8, 4) is 5.75 Å². The molecular weight excluding hydrogens is 402 g/mol. The van der Waals surface area contributed by atoms with Crippen LogP contribution in [-0.4, -0.2) is 63.5 Å². The molecule has 0 saturated carbocycles. The quantitative estimate of drug-likeness (QED) is 0.694. The molecule has 30 heavy (non-hydrogen) atoms. The van der Waals surface area contributed by atoms with Crippen LogP contribution in [0.15, 0.2) is 53.4 Å². The zero-order chi connectivity index (χ0) is 21.6. The third kappa shape index (κ3) is 5.38. The van der Waals surface area contributed by atoms with Crippen LogP contribution in [0.1, 0.15) is 29.8 Å². The largest absolute Gasteiger partial charge is 0.492 e. The van der Waals surface area contributed by atoms with Gasteiger partial charge in [-0.2, -0.15) is 0 Å². The molecule has 0 aromatic heterocycles. The van der Waals surface area contributed by atoms with Gasteiger partial charge >= 0.3 is 0 Å². The number of hydrogen-bond donors (Lipinski definition) is 1. The fourth-order valence-corrected chi connectivity index (χ4v) is 4.74. The summed E-state index contributed by atoms with van der Waals surface area (Å²) in [6.07, 6.45) is 0. The van der Waals surface area contributed by atoms with Gasteiger partial charge in [0.1, 0.15) is 10.6 Å². The molecule has 2 aromatic carbocycles. The summed E-state index contributed by atoms with van der Waals surface area (Å²) in [6.45, 7) is 7.72. The van der Waals surface area contributed by atoms with Crippen molar-refractivity contribution in [2.45, 2.75) is 25.3 Å². The van der Waals surface area contributed by atoms with Gasteiger partial charge in [-0.1, -0.05) is 37.3 Å². The van der Waals surface area contributed by atoms with E-state index in [-0.39, 0.29) is 23.1 Å². The van der Waals surface area contributed by atoms with Gasteiger partial charge in [0.2, 0.25) is 10.0 Å². The van der Waals surface area contributed by atoms with Gasteiger partial charge in [0.05, 0.1) is 6.61 Å². The van der Waals surface area contributed by atoms with Crippen LogP contribution >= 0.6 is 0 Å². The number of amides is 1. The Hall–Kier alpha value is -2.42. The first-order valence-electron chi connectivity index (χ1n) is 10.3. The summed E-state index contributed by atoms with van der Waals surface area (Å²) in [4.78, 5) is 17.1. The van der Waals surface area contributed by atoms with Crippen LogP contribution in [0.2, 0.25) is 0 Å². The molecule has 1 fully saturated rings. The molecule has 1 saturated heterocycles. The van der Waals surface area contributed by atoms with E-state index in [9.17, 15) is 13.2 Å². The lowest BCUT2D eigenvalue weighted by Gasteiger charge is -2.35. The Morgan fingerprint density at radius 2 is 1.73 bits per heavy atom. The first-order valence-corrected chi connectivity index (χ1v) is 11.7. The number of piperazine rings is 1. The summed E-state index contributed by atoms with van der Waals surface area (Å²) in [5.74, 6) is 0.0908. The number of nitrogens with one attached hydrogen (secondary N) is 1. The first-order chi connectivity index (χ1) is 14.4. The van der Waals surface area contributed by atoms with Gasteiger partial charge in [-0.05, 0) is 30.7 Å². The lowest BCUT2D eigenvalue weighted by atomic mass is 10.1. The highest BCUT2D eigenvalue weighted by molar-refractivity contribution is 7.89. The minimum absolute atomic E-state index is 0.000219. The molecular formula is C22H29N3O4S. The lowest BCUT2D eigenvalue weighted by molar-refractivity contribution is 0.0628. The number of carbonyl (C=O) groups is 1. The van der Waals surface area contributed by atoms with Crippen molar-refractivity contribution >= 4 is 15.9 Å². The third-order valence-electron chi connectivity index (χ3n) is 5.02. The predicted octanol–water partition coefficient (Wildman–Crippen LogP) is 2.34. The molecule has 7 nitrogen and oxygen atoms in total. The number of ether oxygens (including phenoxy) is 1. The molecule has 2 aromatic rings. The van der Waals surface area contributed by atoms with Gasteiger partial charge < -0.3 is 9.64 Å². The molecule has 1 amide bonds. The molecule has 8 heteroatoms. The maximum absolute atomic E-state index is 13.0. The van der Waals surface area contributed by atoms with Crippen molar-refractivity contribution in [2.24, 2.45) is 0 Å². The Labute approximate surface area is 178 Å². The average molecular weight is 432 g/mol. The van der Waals surface area contributed by atoms with E-state index in [4.69, 9.17) is 4.74 Å². The molecule has 162 valence electrons. The molecule has 1 aliphatic rings. The standard InChI is InChI=1S/C22H29N3O4S/c1-3-23-30(27,28)21-16-19(10-11-20(21)29-4-2)22(26)25-14-12-24(13-15-25)17-18-8-6-5-7-9-18/h5-11,16,23H,3-4,12-15,17H2,1-2H3. The fraction of sp³-hybridized carbons (Fsp3) is 0.409. The van der Waals surface area contributed by atoms with Crippen LogP contribution < -0.4 is 9.46 Å². The molecule has 3 rings (SSSR count). The van der Waals surface area contributed by atoms with Crippen molar-refractivity contribution in [1.82, 2.24) is 14.5 Å². The fourth-order valence-electron chi connectivity index (χ4n) is 3.53. The van der Waals surface area contributed by atoms with Crippen LogP contribution in [0.25, 0.3) is 0 Å². The van der Waals surface area contributed by atoms with Gasteiger partial charge in [-0.3, -0.25) is 9.69 Å². The summed E-state index contributed by atoms with van der Waals surface area (Å²) in [5, 5.41) is 0. The minimum Gasteiger partial charge on any atom is -0.492 e. The van der Waals surface area contributed by atoms with Gasteiger partial charge in [0.15, 0.2) is 0 Å². The first kappa shape index (κ1) is 22.3. The molecule has 1 heterocycles. The zero-order valence-electron chi connectivity index (χ0n) is 17.5. The van der Waals surface area contributed by atoms with Gasteiger partial charge in [0, 0.05) is 44.8 Å². The minimum atomic E-state index is -3.75. The van der Waals surface area contributed by atoms with E-state index in [1.165, 1.54) is 11.6 Å². The summed E-state index contributed by atoms with van der Waals surface area (Å²) in [7, 11) is -3.75. The molecule has 0 bridgehead atoms. The Balaban J connectivity index is 1.71. The highest BCUT2D eigenvalue weighted by Crippen LogP contribution is 2.26. The van der Waals surface area contributed by atoms with E-state index < -0.39 is 10.0 Å². The molecule has 0 spiro atoms. The maximum Gasteiger partial charge on any atom is 0.253 e. The smallest absolute Gasteiger partial charge is 0.253 e. The second kappa shape index (κ2) is 10.1. The van der Waals surface area contributed by atoms with E-state index >= 15 is 0 Å². The van der Waals surface area contributed by atoms with Crippen LogP contribution in [-0.2, 0) is 16.6 Å². The zero-order valence-corrected chi connectivity index (χ0v) is 18.3. The lowest BCUT2D eigenvalue weighted by Crippen LogP contribution is -2.48. The van der Waals surface area contributed by atoms with Crippen molar-refractivity contribution in [3.05, 3.63) is 59.7 Å². The number of carbonyl (C=O) groups excluding carboxylic acids is 1. The highest BCUT2D eigenvalue weighted by atomic mass is 32.2. The summed E-state index contributed by atoms with van der Waals surface area (Å²) >= 11 is 0. The Morgan fingerprint density at radius 1 is 1.03 bits per heavy atom. The normalized spacial score (nSPS) is 15.2. The molecule has 0 aliphatic carbocycles. The summed E-state index contributed by atoms with van der Waals surface area (Å²) < 4.78 is 33.1. The number of rotatable bonds is 8. The molecule has 1 aliphatic heterocycles. The summed E-state index contributed by atoms with van der Waals surface area (Å²) in [5.41, 5.74) is 1.61. The summed E-state index contributed by atoms with van der Waals surface area (Å²) in [6, 6.07) is 14.9. The van der Waals surface area contributed by atoms with Crippen LogP contribution in [0.5, 0.6) is 5.75 Å². The second-order valence-electron chi connectivity index (χ2n) is 7.15. The van der Waals surface area contributed by atoms with E-state index in [2.05, 4.69) is 21.8 Å². The van der Waals surface area contributed by atoms with Crippen LogP contribution in [0.3, 0.4) is 0 Å². The average Bonchev–Trinajstić information content (AvgIpc) is 2.75. The van der Waals surface area contributed by atoms with Crippen molar-refractivity contribution in [3.63, 3.8) is 0 Å². The van der Waals surface area contributed by atoms with Gasteiger partial charge in [0.25, 0.3) is 5.91 Å². The Morgan fingerprint density at radius 3 is 2.37 bits per heavy atom. The van der Waals surface area contributed by atoms with Crippen LogP contribution in [0.4, 0.5) is 0 Å².